The molecular weight excluding hydrogens is 555 g/mol. The third-order valence-electron chi connectivity index (χ3n) is 10.5. The van der Waals surface area contributed by atoms with Crippen LogP contribution in [0.5, 0.6) is 0 Å². The van der Waals surface area contributed by atoms with Crippen LogP contribution in [0, 0.1) is 6.92 Å². The SMILES string of the molecule is Cc1ccc2c(-c3ccc4c(c3)C(C)(C)c3ccccc3-4)c3ccccc3c(-c3ccc4c(c3)N(C)c3ccccc3C=C4)c2c1. The Morgan fingerprint density at radius 2 is 1.09 bits per heavy atom. The second-order valence-corrected chi connectivity index (χ2v) is 13.5. The lowest BCUT2D eigenvalue weighted by atomic mass is 9.80. The molecule has 0 spiro atoms. The highest BCUT2D eigenvalue weighted by Gasteiger charge is 2.35. The average Bonchev–Trinajstić information content (AvgIpc) is 3.21. The summed E-state index contributed by atoms with van der Waals surface area (Å²) >= 11 is 0. The highest BCUT2D eigenvalue weighted by atomic mass is 15.1. The molecule has 7 aromatic rings. The van der Waals surface area contributed by atoms with Crippen LogP contribution in [0.4, 0.5) is 11.4 Å². The molecule has 7 aromatic carbocycles. The quantitative estimate of drug-likeness (QED) is 0.181. The van der Waals surface area contributed by atoms with Gasteiger partial charge in [-0.25, -0.2) is 0 Å². The van der Waals surface area contributed by atoms with Crippen molar-refractivity contribution in [3.63, 3.8) is 0 Å². The summed E-state index contributed by atoms with van der Waals surface area (Å²) in [5, 5.41) is 5.16. The van der Waals surface area contributed by atoms with Gasteiger partial charge in [0.2, 0.25) is 0 Å². The fraction of sp³-hybridized carbons (Fsp3) is 0.111. The lowest BCUT2D eigenvalue weighted by Crippen LogP contribution is -2.14. The maximum absolute atomic E-state index is 2.47. The van der Waals surface area contributed by atoms with Gasteiger partial charge in [0.15, 0.2) is 0 Å². The van der Waals surface area contributed by atoms with Gasteiger partial charge in [-0.05, 0) is 102 Å². The summed E-state index contributed by atoms with van der Waals surface area (Å²) in [6, 6.07) is 47.7. The van der Waals surface area contributed by atoms with E-state index in [9.17, 15) is 0 Å². The van der Waals surface area contributed by atoms with E-state index in [1.54, 1.807) is 0 Å². The van der Waals surface area contributed by atoms with Gasteiger partial charge in [0.05, 0.1) is 0 Å². The Balaban J connectivity index is 1.31. The van der Waals surface area contributed by atoms with Crippen molar-refractivity contribution in [2.24, 2.45) is 0 Å². The van der Waals surface area contributed by atoms with Crippen molar-refractivity contribution >= 4 is 45.1 Å². The van der Waals surface area contributed by atoms with Crippen LogP contribution in [-0.2, 0) is 5.41 Å². The van der Waals surface area contributed by atoms with Gasteiger partial charge in [-0.15, -0.1) is 0 Å². The minimum absolute atomic E-state index is 0.0506. The largest absolute Gasteiger partial charge is 0.344 e. The summed E-state index contributed by atoms with van der Waals surface area (Å²) in [5.74, 6) is 0. The highest BCUT2D eigenvalue weighted by Crippen LogP contribution is 2.51. The smallest absolute Gasteiger partial charge is 0.0488 e. The molecule has 1 aliphatic heterocycles. The van der Waals surface area contributed by atoms with Crippen molar-refractivity contribution in [2.45, 2.75) is 26.2 Å². The Kier molecular flexibility index (Phi) is 5.74. The minimum atomic E-state index is -0.0506. The Morgan fingerprint density at radius 1 is 0.478 bits per heavy atom. The van der Waals surface area contributed by atoms with E-state index in [1.807, 2.05) is 0 Å². The zero-order chi connectivity index (χ0) is 31.2. The molecule has 46 heavy (non-hydrogen) atoms. The molecule has 0 saturated heterocycles. The van der Waals surface area contributed by atoms with Gasteiger partial charge in [0.25, 0.3) is 0 Å². The molecule has 0 atom stereocenters. The first-order valence-electron chi connectivity index (χ1n) is 16.3. The van der Waals surface area contributed by atoms with Gasteiger partial charge >= 0.3 is 0 Å². The number of rotatable bonds is 2. The Morgan fingerprint density at radius 3 is 1.91 bits per heavy atom. The first-order chi connectivity index (χ1) is 22.4. The average molecular weight is 590 g/mol. The van der Waals surface area contributed by atoms with Crippen LogP contribution >= 0.6 is 0 Å². The van der Waals surface area contributed by atoms with Gasteiger partial charge < -0.3 is 4.90 Å². The third-order valence-corrected chi connectivity index (χ3v) is 10.5. The third kappa shape index (κ3) is 3.82. The summed E-state index contributed by atoms with van der Waals surface area (Å²) in [6.45, 7) is 6.94. The number of aryl methyl sites for hydroxylation is 1. The second kappa shape index (κ2) is 9.80. The maximum atomic E-state index is 2.47. The van der Waals surface area contributed by atoms with Crippen molar-refractivity contribution in [3.05, 3.63) is 155 Å². The number of benzene rings is 7. The van der Waals surface area contributed by atoms with Gasteiger partial charge in [-0.3, -0.25) is 0 Å². The summed E-state index contributed by atoms with van der Waals surface area (Å²) < 4.78 is 0. The van der Waals surface area contributed by atoms with Crippen LogP contribution in [0.25, 0.3) is 67.1 Å². The van der Waals surface area contributed by atoms with Crippen LogP contribution in [0.3, 0.4) is 0 Å². The summed E-state index contributed by atoms with van der Waals surface area (Å²) in [5.41, 5.74) is 16.8. The van der Waals surface area contributed by atoms with Gasteiger partial charge in [-0.1, -0.05) is 141 Å². The fourth-order valence-corrected chi connectivity index (χ4v) is 8.15. The Bertz CT molecular complexity index is 2420. The van der Waals surface area contributed by atoms with E-state index in [4.69, 9.17) is 0 Å². The lowest BCUT2D eigenvalue weighted by Gasteiger charge is -2.24. The number of para-hydroxylation sites is 1. The van der Waals surface area contributed by atoms with Crippen LogP contribution in [0.1, 0.15) is 41.7 Å². The summed E-state index contributed by atoms with van der Waals surface area (Å²) in [6.07, 6.45) is 4.48. The Hall–Kier alpha value is -5.40. The minimum Gasteiger partial charge on any atom is -0.344 e. The summed E-state index contributed by atoms with van der Waals surface area (Å²) in [7, 11) is 2.19. The van der Waals surface area contributed by atoms with Crippen LogP contribution in [0.15, 0.2) is 127 Å². The number of fused-ring (bicyclic) bond motifs is 7. The van der Waals surface area contributed by atoms with Gasteiger partial charge in [0.1, 0.15) is 0 Å². The van der Waals surface area contributed by atoms with Crippen LogP contribution < -0.4 is 4.90 Å². The zero-order valence-corrected chi connectivity index (χ0v) is 26.7. The monoisotopic (exact) mass is 589 g/mol. The molecule has 1 heteroatoms. The zero-order valence-electron chi connectivity index (χ0n) is 26.7. The van der Waals surface area contributed by atoms with Gasteiger partial charge in [-0.2, -0.15) is 0 Å². The number of nitrogens with zero attached hydrogens (tertiary/aromatic N) is 1. The topological polar surface area (TPSA) is 3.24 Å². The van der Waals surface area contributed by atoms with Gasteiger partial charge in [0, 0.05) is 23.8 Å². The molecule has 9 rings (SSSR count). The second-order valence-electron chi connectivity index (χ2n) is 13.5. The normalized spacial score (nSPS) is 14.1. The molecule has 0 radical (unpaired) electrons. The highest BCUT2D eigenvalue weighted by molar-refractivity contribution is 6.21. The molecule has 2 aliphatic rings. The Labute approximate surface area is 271 Å². The number of hydrogen-bond donors (Lipinski definition) is 0. The van der Waals surface area contributed by atoms with E-state index in [0.29, 0.717) is 0 Å². The molecule has 0 aromatic heterocycles. The summed E-state index contributed by atoms with van der Waals surface area (Å²) in [4.78, 5) is 2.34. The molecule has 0 N–H and O–H groups in total. The number of hydrogen-bond acceptors (Lipinski definition) is 1. The van der Waals surface area contributed by atoms with Crippen molar-refractivity contribution < 1.29 is 0 Å². The van der Waals surface area contributed by atoms with E-state index in [2.05, 4.69) is 172 Å². The molecule has 0 bridgehead atoms. The predicted molar refractivity (Wildman–Crippen MR) is 198 cm³/mol. The molecular formula is C45H35N. The molecule has 1 aliphatic carbocycles. The molecule has 1 nitrogen and oxygen atoms in total. The van der Waals surface area contributed by atoms with Crippen LogP contribution in [-0.4, -0.2) is 7.05 Å². The van der Waals surface area contributed by atoms with E-state index in [1.165, 1.54) is 94.1 Å². The van der Waals surface area contributed by atoms with Crippen molar-refractivity contribution in [1.29, 1.82) is 0 Å². The van der Waals surface area contributed by atoms with E-state index >= 15 is 0 Å². The van der Waals surface area contributed by atoms with Crippen molar-refractivity contribution in [2.75, 3.05) is 11.9 Å². The first kappa shape index (κ1) is 27.0. The van der Waals surface area contributed by atoms with E-state index in [0.717, 1.165) is 0 Å². The maximum Gasteiger partial charge on any atom is 0.0488 e. The van der Waals surface area contributed by atoms with Crippen LogP contribution in [0.2, 0.25) is 0 Å². The molecule has 220 valence electrons. The molecule has 0 amide bonds. The van der Waals surface area contributed by atoms with E-state index in [-0.39, 0.29) is 5.41 Å². The predicted octanol–water partition coefficient (Wildman–Crippen LogP) is 12.2. The van der Waals surface area contributed by atoms with E-state index < -0.39 is 0 Å². The molecule has 0 unspecified atom stereocenters. The first-order valence-corrected chi connectivity index (χ1v) is 16.3. The lowest BCUT2D eigenvalue weighted by molar-refractivity contribution is 0.660. The molecule has 1 heterocycles. The fourth-order valence-electron chi connectivity index (χ4n) is 8.15. The number of anilines is 2. The molecule has 0 fully saturated rings. The van der Waals surface area contributed by atoms with Crippen molar-refractivity contribution in [3.8, 4) is 33.4 Å². The van der Waals surface area contributed by atoms with Crippen molar-refractivity contribution in [1.82, 2.24) is 0 Å². The standard InChI is InChI=1S/C45H35N/c1-28-17-23-37-38(25-28)44(32-21-20-30-19-18-29-11-5-10-16-41(29)46(4)42(30)27-32)36-14-7-6-13-35(36)43(37)31-22-24-34-33-12-8-9-15-39(33)45(2,3)40(34)26-31/h5-27H,1-4H3. The molecule has 0 saturated carbocycles.